The molecule has 1 aromatic rings. The lowest BCUT2D eigenvalue weighted by Gasteiger charge is -2.17. The van der Waals surface area contributed by atoms with Gasteiger partial charge >= 0.3 is 12.1 Å². The van der Waals surface area contributed by atoms with Gasteiger partial charge in [0.15, 0.2) is 5.69 Å². The molecule has 0 bridgehead atoms. The van der Waals surface area contributed by atoms with Gasteiger partial charge in [-0.3, -0.25) is 9.59 Å². The third kappa shape index (κ3) is 3.66. The monoisotopic (exact) mass is 296 g/mol. The molecule has 2 N–H and O–H groups in total. The molecule has 0 aliphatic carbocycles. The van der Waals surface area contributed by atoms with E-state index < -0.39 is 40.6 Å². The summed E-state index contributed by atoms with van der Waals surface area (Å²) in [5.41, 5.74) is 0.185. The predicted molar refractivity (Wildman–Crippen MR) is 60.8 cm³/mol. The van der Waals surface area contributed by atoms with Crippen molar-refractivity contribution in [2.24, 2.45) is 5.92 Å². The van der Waals surface area contributed by atoms with E-state index >= 15 is 0 Å². The summed E-state index contributed by atoms with van der Waals surface area (Å²) in [5, 5.41) is 10.9. The van der Waals surface area contributed by atoms with Crippen molar-refractivity contribution in [3.63, 3.8) is 0 Å². The Morgan fingerprint density at radius 1 is 1.42 bits per heavy atom. The summed E-state index contributed by atoms with van der Waals surface area (Å²) in [4.78, 5) is 24.6. The molecule has 0 aliphatic rings. The Balaban J connectivity index is 2.86. The number of halogens is 3. The fourth-order valence-corrected chi connectivity index (χ4v) is 1.88. The Labute approximate surface area is 110 Å². The van der Waals surface area contributed by atoms with Crippen LogP contribution in [0.15, 0.2) is 5.51 Å². The van der Waals surface area contributed by atoms with Crippen molar-refractivity contribution < 1.29 is 27.9 Å². The van der Waals surface area contributed by atoms with E-state index in [1.807, 2.05) is 0 Å². The third-order valence-corrected chi connectivity index (χ3v) is 3.41. The first-order valence-corrected chi connectivity index (χ1v) is 6.07. The van der Waals surface area contributed by atoms with E-state index in [1.54, 1.807) is 0 Å². The van der Waals surface area contributed by atoms with Crippen molar-refractivity contribution in [1.29, 1.82) is 0 Å². The van der Waals surface area contributed by atoms with Gasteiger partial charge in [-0.25, -0.2) is 4.98 Å². The molecular weight excluding hydrogens is 285 g/mol. The average Bonchev–Trinajstić information content (AvgIpc) is 2.75. The number of hydrogen-bond acceptors (Lipinski definition) is 4. The van der Waals surface area contributed by atoms with E-state index in [4.69, 9.17) is 5.11 Å². The molecular formula is C10H11F3N2O3S. The number of carbonyl (C=O) groups excluding carboxylic acids is 1. The molecule has 0 saturated carbocycles. The van der Waals surface area contributed by atoms with Crippen LogP contribution in [-0.2, 0) is 11.0 Å². The van der Waals surface area contributed by atoms with Crippen molar-refractivity contribution in [2.75, 3.05) is 0 Å². The molecule has 5 nitrogen and oxygen atoms in total. The lowest BCUT2D eigenvalue weighted by Crippen LogP contribution is -2.40. The number of hydrogen-bond donors (Lipinski definition) is 2. The number of thiazole rings is 1. The van der Waals surface area contributed by atoms with Gasteiger partial charge in [-0.05, 0) is 13.8 Å². The number of carboxylic acids is 1. The maximum Gasteiger partial charge on any atom is 0.427 e. The number of alkyl halides is 3. The van der Waals surface area contributed by atoms with E-state index in [-0.39, 0.29) is 0 Å². The molecule has 2 unspecified atom stereocenters. The third-order valence-electron chi connectivity index (χ3n) is 2.54. The van der Waals surface area contributed by atoms with Gasteiger partial charge in [0, 0.05) is 6.04 Å². The van der Waals surface area contributed by atoms with Crippen LogP contribution in [0.2, 0.25) is 0 Å². The zero-order valence-corrected chi connectivity index (χ0v) is 10.8. The Hall–Kier alpha value is -1.64. The summed E-state index contributed by atoms with van der Waals surface area (Å²) >= 11 is 0.313. The van der Waals surface area contributed by atoms with Gasteiger partial charge in [0.2, 0.25) is 0 Å². The standard InChI is InChI=1S/C10H11F3N2O3S/c1-4(9(17)18)5(2)15-8(16)6-7(10(11,12)13)19-3-14-6/h3-5H,1-2H3,(H,15,16)(H,17,18). The highest BCUT2D eigenvalue weighted by molar-refractivity contribution is 7.10. The van der Waals surface area contributed by atoms with Crippen LogP contribution in [0.3, 0.4) is 0 Å². The minimum absolute atomic E-state index is 0.313. The average molecular weight is 296 g/mol. The van der Waals surface area contributed by atoms with Crippen molar-refractivity contribution in [2.45, 2.75) is 26.1 Å². The summed E-state index contributed by atoms with van der Waals surface area (Å²) in [6.45, 7) is 2.75. The number of nitrogens with one attached hydrogen (secondary N) is 1. The molecule has 0 aromatic carbocycles. The van der Waals surface area contributed by atoms with Crippen molar-refractivity contribution in [3.8, 4) is 0 Å². The molecule has 0 saturated heterocycles. The first kappa shape index (κ1) is 15.4. The van der Waals surface area contributed by atoms with Crippen LogP contribution in [0.4, 0.5) is 13.2 Å². The lowest BCUT2D eigenvalue weighted by atomic mass is 10.0. The van der Waals surface area contributed by atoms with E-state index in [0.717, 1.165) is 5.51 Å². The summed E-state index contributed by atoms with van der Waals surface area (Å²) in [7, 11) is 0. The lowest BCUT2D eigenvalue weighted by molar-refractivity contribution is -0.142. The number of nitrogens with zero attached hydrogens (tertiary/aromatic N) is 1. The smallest absolute Gasteiger partial charge is 0.427 e. The molecule has 0 fully saturated rings. The normalized spacial score (nSPS) is 14.8. The minimum Gasteiger partial charge on any atom is -0.481 e. The first-order chi connectivity index (χ1) is 8.64. The van der Waals surface area contributed by atoms with E-state index in [1.165, 1.54) is 13.8 Å². The van der Waals surface area contributed by atoms with Gasteiger partial charge in [-0.2, -0.15) is 13.2 Å². The summed E-state index contributed by atoms with van der Waals surface area (Å²) < 4.78 is 37.7. The van der Waals surface area contributed by atoms with Crippen LogP contribution in [-0.4, -0.2) is 28.0 Å². The molecule has 106 valence electrons. The Morgan fingerprint density at radius 3 is 2.47 bits per heavy atom. The van der Waals surface area contributed by atoms with Gasteiger partial charge in [0.05, 0.1) is 11.4 Å². The quantitative estimate of drug-likeness (QED) is 0.890. The summed E-state index contributed by atoms with van der Waals surface area (Å²) in [6.07, 6.45) is -4.66. The summed E-state index contributed by atoms with van der Waals surface area (Å²) in [6, 6.07) is -0.812. The number of rotatable bonds is 4. The molecule has 0 radical (unpaired) electrons. The fourth-order valence-electron chi connectivity index (χ4n) is 1.22. The van der Waals surface area contributed by atoms with Crippen LogP contribution >= 0.6 is 11.3 Å². The highest BCUT2D eigenvalue weighted by Gasteiger charge is 2.38. The fraction of sp³-hybridized carbons (Fsp3) is 0.500. The maximum atomic E-state index is 12.6. The van der Waals surface area contributed by atoms with Crippen molar-refractivity contribution >= 4 is 23.2 Å². The largest absolute Gasteiger partial charge is 0.481 e. The molecule has 1 heterocycles. The molecule has 0 spiro atoms. The summed E-state index contributed by atoms with van der Waals surface area (Å²) in [5.74, 6) is -3.10. The van der Waals surface area contributed by atoms with Gasteiger partial charge in [0.25, 0.3) is 5.91 Å². The van der Waals surface area contributed by atoms with Crippen LogP contribution in [0, 0.1) is 5.92 Å². The van der Waals surface area contributed by atoms with Crippen LogP contribution in [0.1, 0.15) is 29.2 Å². The molecule has 19 heavy (non-hydrogen) atoms. The molecule has 1 amide bonds. The maximum absolute atomic E-state index is 12.6. The van der Waals surface area contributed by atoms with E-state index in [0.29, 0.717) is 11.3 Å². The van der Waals surface area contributed by atoms with Gasteiger partial charge < -0.3 is 10.4 Å². The van der Waals surface area contributed by atoms with Gasteiger partial charge in [-0.1, -0.05) is 0 Å². The number of carboxylic acid groups (broad SMARTS) is 1. The van der Waals surface area contributed by atoms with Crippen LogP contribution < -0.4 is 5.32 Å². The van der Waals surface area contributed by atoms with Crippen molar-refractivity contribution in [1.82, 2.24) is 10.3 Å². The van der Waals surface area contributed by atoms with Crippen LogP contribution in [0.25, 0.3) is 0 Å². The zero-order chi connectivity index (χ0) is 14.8. The first-order valence-electron chi connectivity index (χ1n) is 5.19. The van der Waals surface area contributed by atoms with E-state index in [2.05, 4.69) is 10.3 Å². The second kappa shape index (κ2) is 5.55. The molecule has 2 atom stereocenters. The topological polar surface area (TPSA) is 79.3 Å². The Bertz CT molecular complexity index is 487. The molecule has 9 heteroatoms. The van der Waals surface area contributed by atoms with Crippen LogP contribution in [0.5, 0.6) is 0 Å². The molecule has 1 aromatic heterocycles. The second-order valence-corrected chi connectivity index (χ2v) is 4.77. The Kier molecular flexibility index (Phi) is 4.51. The SMILES string of the molecule is CC(NC(=O)c1ncsc1C(F)(F)F)C(C)C(=O)O. The minimum atomic E-state index is -4.66. The molecule has 1 rings (SSSR count). The molecule has 0 aliphatic heterocycles. The van der Waals surface area contributed by atoms with E-state index in [9.17, 15) is 22.8 Å². The zero-order valence-electron chi connectivity index (χ0n) is 9.99. The number of carbonyl (C=O) groups is 2. The second-order valence-electron chi connectivity index (χ2n) is 3.92. The predicted octanol–water partition coefficient (Wildman–Crippen LogP) is 2.00. The Morgan fingerprint density at radius 2 is 2.00 bits per heavy atom. The van der Waals surface area contributed by atoms with Gasteiger partial charge in [0.1, 0.15) is 4.88 Å². The van der Waals surface area contributed by atoms with Crippen molar-refractivity contribution in [3.05, 3.63) is 16.1 Å². The number of amides is 1. The number of aromatic nitrogens is 1. The highest BCUT2D eigenvalue weighted by Crippen LogP contribution is 2.34. The van der Waals surface area contributed by atoms with Gasteiger partial charge in [-0.15, -0.1) is 11.3 Å². The highest BCUT2D eigenvalue weighted by atomic mass is 32.1. The number of aliphatic carboxylic acids is 1.